The van der Waals surface area contributed by atoms with Crippen LogP contribution < -0.4 is 20.4 Å². The van der Waals surface area contributed by atoms with Crippen molar-refractivity contribution in [1.82, 2.24) is 29.5 Å². The number of aromatic nitrogens is 5. The lowest BCUT2D eigenvalue weighted by Gasteiger charge is -2.36. The zero-order valence-electron chi connectivity index (χ0n) is 31.2. The highest BCUT2D eigenvalue weighted by Crippen LogP contribution is 2.39. The zero-order valence-corrected chi connectivity index (χ0v) is 31.2. The van der Waals surface area contributed by atoms with Crippen LogP contribution >= 0.6 is 0 Å². The summed E-state index contributed by atoms with van der Waals surface area (Å²) in [5.74, 6) is 0.853. The van der Waals surface area contributed by atoms with Crippen molar-refractivity contribution in [3.8, 4) is 0 Å². The third kappa shape index (κ3) is 7.66. The van der Waals surface area contributed by atoms with Crippen LogP contribution in [0.2, 0.25) is 0 Å². The largest absolute Gasteiger partial charge is 0.433 e. The summed E-state index contributed by atoms with van der Waals surface area (Å²) in [5, 5.41) is 21.6. The van der Waals surface area contributed by atoms with Crippen molar-refractivity contribution in [3.63, 3.8) is 0 Å². The Morgan fingerprint density at radius 1 is 0.982 bits per heavy atom. The highest BCUT2D eigenvalue weighted by atomic mass is 19.4. The molecule has 56 heavy (non-hydrogen) atoms. The van der Waals surface area contributed by atoms with Crippen molar-refractivity contribution >= 4 is 51.6 Å². The van der Waals surface area contributed by atoms with Crippen molar-refractivity contribution in [2.75, 3.05) is 34.8 Å². The molecule has 6 heterocycles. The predicted molar refractivity (Wildman–Crippen MR) is 203 cm³/mol. The van der Waals surface area contributed by atoms with E-state index < -0.39 is 29.4 Å². The number of aliphatic hydroxyl groups is 1. The number of nitrogens with zero attached hydrogens (tertiary/aromatic N) is 7. The normalized spacial score (nSPS) is 20.2. The fourth-order valence-corrected chi connectivity index (χ4v) is 8.47. The Labute approximate surface area is 320 Å². The van der Waals surface area contributed by atoms with Gasteiger partial charge >= 0.3 is 12.2 Å². The molecule has 1 aliphatic carbocycles. The van der Waals surface area contributed by atoms with E-state index in [1.165, 1.54) is 12.5 Å². The number of carbonyl (C=O) groups excluding carboxylic acids is 3. The average Bonchev–Trinajstić information content (AvgIpc) is 3.78. The first-order chi connectivity index (χ1) is 26.7. The van der Waals surface area contributed by atoms with E-state index in [0.717, 1.165) is 80.5 Å². The maximum atomic E-state index is 13.2. The van der Waals surface area contributed by atoms with Gasteiger partial charge in [-0.15, -0.1) is 0 Å². The SMILES string of the molecule is CC(C)(O)c1cc2nn(C3CCC(CC4CCN(c5ccn6c(N7CCC(=O)NC7=O)cnc6c5)CC4)CC3)cc2cc1NC(=O)c1cccc(C(F)(F)F)n1. The predicted octanol–water partition coefficient (Wildman–Crippen LogP) is 7.06. The minimum absolute atomic E-state index is 0.211. The molecule has 13 nitrogen and oxygen atoms in total. The number of pyridine rings is 2. The second kappa shape index (κ2) is 14.5. The fourth-order valence-electron chi connectivity index (χ4n) is 8.47. The molecule has 0 radical (unpaired) electrons. The minimum Gasteiger partial charge on any atom is -0.386 e. The zero-order chi connectivity index (χ0) is 39.4. The summed E-state index contributed by atoms with van der Waals surface area (Å²) in [6.07, 6.45) is 8.72. The third-order valence-electron chi connectivity index (χ3n) is 11.5. The van der Waals surface area contributed by atoms with Crippen molar-refractivity contribution in [2.24, 2.45) is 11.8 Å². The number of imide groups is 1. The number of alkyl halides is 3. The lowest BCUT2D eigenvalue weighted by Crippen LogP contribution is -2.50. The Morgan fingerprint density at radius 2 is 1.73 bits per heavy atom. The third-order valence-corrected chi connectivity index (χ3v) is 11.5. The number of benzene rings is 1. The van der Waals surface area contributed by atoms with E-state index in [1.54, 1.807) is 37.1 Å². The topological polar surface area (TPSA) is 150 Å². The molecular formula is C40H44F3N9O4. The molecule has 0 atom stereocenters. The molecule has 0 unspecified atom stereocenters. The lowest BCUT2D eigenvalue weighted by atomic mass is 9.78. The maximum absolute atomic E-state index is 13.2. The van der Waals surface area contributed by atoms with Crippen LogP contribution in [0.4, 0.5) is 35.2 Å². The molecule has 0 bridgehead atoms. The van der Waals surface area contributed by atoms with Crippen LogP contribution in [0, 0.1) is 11.8 Å². The Hall–Kier alpha value is -5.51. The van der Waals surface area contributed by atoms with Gasteiger partial charge in [0.1, 0.15) is 22.9 Å². The van der Waals surface area contributed by atoms with E-state index in [2.05, 4.69) is 37.6 Å². The smallest absolute Gasteiger partial charge is 0.386 e. The van der Waals surface area contributed by atoms with Gasteiger partial charge in [-0.05, 0) is 101 Å². The first-order valence-electron chi connectivity index (χ1n) is 19.1. The Morgan fingerprint density at radius 3 is 2.45 bits per heavy atom. The Kier molecular flexibility index (Phi) is 9.71. The summed E-state index contributed by atoms with van der Waals surface area (Å²) in [7, 11) is 0. The molecule has 1 saturated carbocycles. The van der Waals surface area contributed by atoms with Crippen LogP contribution in [0.3, 0.4) is 0 Å². The molecule has 2 aliphatic heterocycles. The van der Waals surface area contributed by atoms with Crippen LogP contribution in [-0.4, -0.2) is 66.7 Å². The van der Waals surface area contributed by atoms with E-state index in [4.69, 9.17) is 5.10 Å². The van der Waals surface area contributed by atoms with E-state index in [0.29, 0.717) is 35.3 Å². The number of piperidine rings is 1. The maximum Gasteiger partial charge on any atom is 0.433 e. The molecular weight excluding hydrogens is 727 g/mol. The summed E-state index contributed by atoms with van der Waals surface area (Å²) < 4.78 is 43.6. The number of hydrogen-bond acceptors (Lipinski definition) is 8. The van der Waals surface area contributed by atoms with E-state index >= 15 is 0 Å². The number of amides is 4. The fraction of sp³-hybridized carbons (Fsp3) is 0.450. The van der Waals surface area contributed by atoms with Gasteiger partial charge in [-0.2, -0.15) is 18.3 Å². The van der Waals surface area contributed by atoms with Gasteiger partial charge in [-0.3, -0.25) is 28.9 Å². The number of rotatable bonds is 8. The minimum atomic E-state index is -4.69. The van der Waals surface area contributed by atoms with Crippen molar-refractivity contribution < 1.29 is 32.7 Å². The molecule has 3 fully saturated rings. The molecule has 0 spiro atoms. The molecule has 294 valence electrons. The number of urea groups is 1. The van der Waals surface area contributed by atoms with Crippen LogP contribution in [0.1, 0.15) is 93.0 Å². The van der Waals surface area contributed by atoms with E-state index in [1.807, 2.05) is 21.5 Å². The van der Waals surface area contributed by atoms with E-state index in [9.17, 15) is 32.7 Å². The van der Waals surface area contributed by atoms with Gasteiger partial charge in [0, 0.05) is 66.8 Å². The van der Waals surface area contributed by atoms with Gasteiger partial charge in [-0.1, -0.05) is 6.07 Å². The Balaban J connectivity index is 0.865. The highest BCUT2D eigenvalue weighted by molar-refractivity contribution is 6.05. The van der Waals surface area contributed by atoms with Crippen LogP contribution in [0.25, 0.3) is 16.6 Å². The summed E-state index contributed by atoms with van der Waals surface area (Å²) in [6, 6.07) is 10.5. The summed E-state index contributed by atoms with van der Waals surface area (Å²) in [4.78, 5) is 49.0. The number of fused-ring (bicyclic) bond motifs is 2. The van der Waals surface area contributed by atoms with Crippen LogP contribution in [0.15, 0.2) is 61.1 Å². The summed E-state index contributed by atoms with van der Waals surface area (Å²) in [6.45, 7) is 5.41. The molecule has 4 amide bonds. The first kappa shape index (κ1) is 37.4. The quantitative estimate of drug-likeness (QED) is 0.152. The van der Waals surface area contributed by atoms with Crippen molar-refractivity contribution in [2.45, 2.75) is 83.0 Å². The van der Waals surface area contributed by atoms with Gasteiger partial charge in [0.15, 0.2) is 0 Å². The molecule has 4 aromatic heterocycles. The number of imidazole rings is 1. The second-order valence-electron chi connectivity index (χ2n) is 15.8. The van der Waals surface area contributed by atoms with Gasteiger partial charge in [0.25, 0.3) is 5.91 Å². The number of nitrogens with one attached hydrogen (secondary N) is 2. The summed E-state index contributed by atoms with van der Waals surface area (Å²) >= 11 is 0. The number of carbonyl (C=O) groups is 3. The molecule has 3 aliphatic rings. The standard InChI is InChI=1S/C40H44F3N9O4/c1-39(2,56)29-21-31-26(19-32(29)46-37(54)30-4-3-5-33(45-30)40(41,42)43)23-52(48-31)27-8-6-24(7-9-27)18-25-10-14-49(15-11-25)28-12-16-50-34(20-28)44-22-36(50)51-17-13-35(53)47-38(51)55/h3-5,12,16,19-25,27,56H,6-11,13-15,17-18H2,1-2H3,(H,46,54)(H,47,53,55). The number of hydrogen-bond donors (Lipinski definition) is 3. The molecule has 3 N–H and O–H groups in total. The van der Waals surface area contributed by atoms with Crippen LogP contribution in [0.5, 0.6) is 0 Å². The molecule has 5 aromatic rings. The van der Waals surface area contributed by atoms with Crippen molar-refractivity contribution in [3.05, 3.63) is 78.0 Å². The monoisotopic (exact) mass is 771 g/mol. The van der Waals surface area contributed by atoms with Gasteiger partial charge in [0.2, 0.25) is 5.91 Å². The molecule has 1 aromatic carbocycles. The summed E-state index contributed by atoms with van der Waals surface area (Å²) in [5.41, 5.74) is 0.282. The van der Waals surface area contributed by atoms with Crippen LogP contribution in [-0.2, 0) is 16.6 Å². The lowest BCUT2D eigenvalue weighted by molar-refractivity contribution is -0.141. The Bertz CT molecular complexity index is 2300. The molecule has 16 heteroatoms. The van der Waals surface area contributed by atoms with Gasteiger partial charge in [-0.25, -0.2) is 14.8 Å². The molecule has 8 rings (SSSR count). The highest BCUT2D eigenvalue weighted by Gasteiger charge is 2.34. The van der Waals surface area contributed by atoms with Gasteiger partial charge in [0.05, 0.1) is 23.4 Å². The number of anilines is 3. The molecule has 2 saturated heterocycles. The van der Waals surface area contributed by atoms with E-state index in [-0.39, 0.29) is 29.8 Å². The second-order valence-corrected chi connectivity index (χ2v) is 15.8. The number of halogens is 3. The average molecular weight is 772 g/mol. The van der Waals surface area contributed by atoms with Gasteiger partial charge < -0.3 is 15.3 Å². The van der Waals surface area contributed by atoms with Crippen molar-refractivity contribution in [1.29, 1.82) is 0 Å². The first-order valence-corrected chi connectivity index (χ1v) is 19.1.